The Morgan fingerprint density at radius 1 is 1.04 bits per heavy atom. The monoisotopic (exact) mass is 365 g/mol. The minimum absolute atomic E-state index is 0.147. The molecule has 2 aromatic heterocycles. The van der Waals surface area contributed by atoms with Crippen molar-refractivity contribution in [3.8, 4) is 11.5 Å². The number of hydrogen-bond donors (Lipinski definition) is 1. The smallest absolute Gasteiger partial charge is 0.413 e. The molecule has 0 aliphatic heterocycles. The van der Waals surface area contributed by atoms with E-state index >= 15 is 0 Å². The summed E-state index contributed by atoms with van der Waals surface area (Å²) in [5.41, 5.74) is 0.106. The lowest BCUT2D eigenvalue weighted by Gasteiger charge is -2.18. The van der Waals surface area contributed by atoms with Crippen LogP contribution in [0, 0.1) is 5.82 Å². The molecule has 6 nitrogen and oxygen atoms in total. The van der Waals surface area contributed by atoms with Gasteiger partial charge >= 0.3 is 12.1 Å². The maximum atomic E-state index is 14.0. The standard InChI is InChI=1S/C16H11F4N5O/c17-11-4-2-1-3-10(11)15(5-6-15)23-14-21-7-9(8-22-14)12-24-25-13(26-12)16(18,19)20/h1-4,7-8H,5-6H2,(H,21,22,23). The summed E-state index contributed by atoms with van der Waals surface area (Å²) >= 11 is 0. The van der Waals surface area contributed by atoms with E-state index in [1.165, 1.54) is 18.5 Å². The molecule has 10 heteroatoms. The van der Waals surface area contributed by atoms with Crippen LogP contribution in [0.4, 0.5) is 23.5 Å². The number of hydrogen-bond acceptors (Lipinski definition) is 6. The van der Waals surface area contributed by atoms with E-state index in [1.807, 2.05) is 0 Å². The fourth-order valence-corrected chi connectivity index (χ4v) is 2.61. The van der Waals surface area contributed by atoms with Gasteiger partial charge in [0.25, 0.3) is 5.89 Å². The van der Waals surface area contributed by atoms with E-state index in [9.17, 15) is 17.6 Å². The van der Waals surface area contributed by atoms with Gasteiger partial charge in [-0.3, -0.25) is 0 Å². The predicted octanol–water partition coefficient (Wildman–Crippen LogP) is 3.79. The van der Waals surface area contributed by atoms with Crippen LogP contribution in [0.2, 0.25) is 0 Å². The molecule has 1 aliphatic rings. The molecule has 0 radical (unpaired) electrons. The van der Waals surface area contributed by atoms with Crippen molar-refractivity contribution in [2.45, 2.75) is 24.6 Å². The second-order valence-electron chi connectivity index (χ2n) is 5.89. The molecule has 0 atom stereocenters. The zero-order chi connectivity index (χ0) is 18.4. The first-order valence-electron chi connectivity index (χ1n) is 7.64. The summed E-state index contributed by atoms with van der Waals surface area (Å²) in [6, 6.07) is 6.44. The van der Waals surface area contributed by atoms with E-state index in [2.05, 4.69) is 29.9 Å². The molecule has 1 aliphatic carbocycles. The van der Waals surface area contributed by atoms with Crippen molar-refractivity contribution < 1.29 is 22.0 Å². The quantitative estimate of drug-likeness (QED) is 0.709. The van der Waals surface area contributed by atoms with Crippen molar-refractivity contribution in [1.82, 2.24) is 20.2 Å². The highest BCUT2D eigenvalue weighted by Gasteiger charge is 2.46. The molecule has 26 heavy (non-hydrogen) atoms. The molecule has 134 valence electrons. The molecule has 1 fully saturated rings. The molecule has 0 spiro atoms. The fraction of sp³-hybridized carbons (Fsp3) is 0.250. The second-order valence-corrected chi connectivity index (χ2v) is 5.89. The van der Waals surface area contributed by atoms with Crippen molar-refractivity contribution in [1.29, 1.82) is 0 Å². The number of rotatable bonds is 4. The maximum absolute atomic E-state index is 14.0. The summed E-state index contributed by atoms with van der Waals surface area (Å²) in [4.78, 5) is 8.11. The van der Waals surface area contributed by atoms with Gasteiger partial charge in [-0.2, -0.15) is 13.2 Å². The van der Waals surface area contributed by atoms with Crippen LogP contribution in [-0.2, 0) is 11.7 Å². The summed E-state index contributed by atoms with van der Waals surface area (Å²) < 4.78 is 56.1. The van der Waals surface area contributed by atoms with Gasteiger partial charge in [-0.15, -0.1) is 10.2 Å². The SMILES string of the molecule is Fc1ccccc1C1(Nc2ncc(-c3nnc(C(F)(F)F)o3)cn2)CC1. The molecule has 1 N–H and O–H groups in total. The normalized spacial score (nSPS) is 15.7. The molecule has 4 rings (SSSR count). The molecular formula is C16H11F4N5O. The maximum Gasteiger partial charge on any atom is 0.470 e. The Hall–Kier alpha value is -3.04. The lowest BCUT2D eigenvalue weighted by molar-refractivity contribution is -0.156. The Morgan fingerprint density at radius 3 is 2.31 bits per heavy atom. The third-order valence-corrected chi connectivity index (χ3v) is 4.06. The number of nitrogens with one attached hydrogen (secondary N) is 1. The lowest BCUT2D eigenvalue weighted by atomic mass is 10.0. The average Bonchev–Trinajstić information content (AvgIpc) is 3.19. The molecule has 1 saturated carbocycles. The number of benzene rings is 1. The summed E-state index contributed by atoms with van der Waals surface area (Å²) in [5.74, 6) is -1.87. The lowest BCUT2D eigenvalue weighted by Crippen LogP contribution is -2.21. The van der Waals surface area contributed by atoms with Crippen molar-refractivity contribution in [3.63, 3.8) is 0 Å². The fourth-order valence-electron chi connectivity index (χ4n) is 2.61. The first-order valence-corrected chi connectivity index (χ1v) is 7.64. The number of nitrogens with zero attached hydrogens (tertiary/aromatic N) is 4. The van der Waals surface area contributed by atoms with Crippen LogP contribution in [0.3, 0.4) is 0 Å². The number of aromatic nitrogens is 4. The van der Waals surface area contributed by atoms with Crippen LogP contribution in [0.25, 0.3) is 11.5 Å². The minimum atomic E-state index is -4.72. The zero-order valence-electron chi connectivity index (χ0n) is 13.1. The summed E-state index contributed by atoms with van der Waals surface area (Å²) in [5, 5.41) is 9.38. The predicted molar refractivity (Wildman–Crippen MR) is 81.3 cm³/mol. The molecule has 0 unspecified atom stereocenters. The largest absolute Gasteiger partial charge is 0.470 e. The van der Waals surface area contributed by atoms with Crippen molar-refractivity contribution in [3.05, 3.63) is 53.9 Å². The highest BCUT2D eigenvalue weighted by atomic mass is 19.4. The van der Waals surface area contributed by atoms with Crippen LogP contribution in [-0.4, -0.2) is 20.2 Å². The molecular weight excluding hydrogens is 354 g/mol. The van der Waals surface area contributed by atoms with Crippen LogP contribution in [0.15, 0.2) is 41.1 Å². The van der Waals surface area contributed by atoms with Gasteiger partial charge in [0.1, 0.15) is 5.82 Å². The summed E-state index contributed by atoms with van der Waals surface area (Å²) in [7, 11) is 0. The van der Waals surface area contributed by atoms with Gasteiger partial charge in [-0.05, 0) is 18.9 Å². The van der Waals surface area contributed by atoms with Crippen LogP contribution in [0.5, 0.6) is 0 Å². The first kappa shape index (κ1) is 16.4. The van der Waals surface area contributed by atoms with E-state index in [4.69, 9.17) is 0 Å². The molecule has 2 heterocycles. The second kappa shape index (κ2) is 5.75. The van der Waals surface area contributed by atoms with E-state index < -0.39 is 17.6 Å². The van der Waals surface area contributed by atoms with Crippen LogP contribution in [0.1, 0.15) is 24.3 Å². The Kier molecular flexibility index (Phi) is 3.63. The van der Waals surface area contributed by atoms with Gasteiger partial charge in [0, 0.05) is 18.0 Å². The Labute approximate surface area is 144 Å². The van der Waals surface area contributed by atoms with Gasteiger partial charge < -0.3 is 9.73 Å². The topological polar surface area (TPSA) is 76.7 Å². The first-order chi connectivity index (χ1) is 12.4. The molecule has 0 saturated heterocycles. The third-order valence-electron chi connectivity index (χ3n) is 4.06. The van der Waals surface area contributed by atoms with Gasteiger partial charge in [-0.25, -0.2) is 14.4 Å². The minimum Gasteiger partial charge on any atom is -0.413 e. The van der Waals surface area contributed by atoms with Crippen LogP contribution < -0.4 is 5.32 Å². The third kappa shape index (κ3) is 2.98. The van der Waals surface area contributed by atoms with Gasteiger partial charge in [0.15, 0.2) is 0 Å². The van der Waals surface area contributed by atoms with Gasteiger partial charge in [0.2, 0.25) is 5.95 Å². The number of alkyl halides is 3. The highest BCUT2D eigenvalue weighted by Crippen LogP contribution is 2.48. The Balaban J connectivity index is 1.54. The van der Waals surface area contributed by atoms with Gasteiger partial charge in [0.05, 0.1) is 11.1 Å². The average molecular weight is 365 g/mol. The van der Waals surface area contributed by atoms with Crippen molar-refractivity contribution >= 4 is 5.95 Å². The molecule has 1 aromatic carbocycles. The Bertz CT molecular complexity index is 934. The highest BCUT2D eigenvalue weighted by molar-refractivity contribution is 5.51. The van der Waals surface area contributed by atoms with Crippen LogP contribution >= 0.6 is 0 Å². The van der Waals surface area contributed by atoms with E-state index in [1.54, 1.807) is 18.2 Å². The summed E-state index contributed by atoms with van der Waals surface area (Å²) in [6.45, 7) is 0. The van der Waals surface area contributed by atoms with Crippen molar-refractivity contribution in [2.75, 3.05) is 5.32 Å². The molecule has 0 amide bonds. The number of anilines is 1. The number of halogens is 4. The van der Waals surface area contributed by atoms with Gasteiger partial charge in [-0.1, -0.05) is 18.2 Å². The zero-order valence-corrected chi connectivity index (χ0v) is 13.1. The summed E-state index contributed by atoms with van der Waals surface area (Å²) in [6.07, 6.45) is -0.748. The molecule has 3 aromatic rings. The van der Waals surface area contributed by atoms with E-state index in [-0.39, 0.29) is 23.2 Å². The Morgan fingerprint density at radius 2 is 1.73 bits per heavy atom. The van der Waals surface area contributed by atoms with Crippen molar-refractivity contribution in [2.24, 2.45) is 0 Å². The van der Waals surface area contributed by atoms with E-state index in [0.29, 0.717) is 5.56 Å². The van der Waals surface area contributed by atoms with E-state index in [0.717, 1.165) is 12.8 Å². The molecule has 0 bridgehead atoms.